The van der Waals surface area contributed by atoms with Gasteiger partial charge in [-0.1, -0.05) is 12.1 Å². The maximum absolute atomic E-state index is 11.8. The monoisotopic (exact) mass is 246 g/mol. The fourth-order valence-electron chi connectivity index (χ4n) is 1.80. The Bertz CT molecular complexity index is 726. The van der Waals surface area contributed by atoms with Crippen molar-refractivity contribution in [1.82, 2.24) is 9.55 Å². The van der Waals surface area contributed by atoms with E-state index in [1.807, 2.05) is 26.0 Å². The van der Waals surface area contributed by atoms with Crippen LogP contribution in [0.5, 0.6) is 5.88 Å². The Morgan fingerprint density at radius 3 is 2.50 bits per heavy atom. The average Bonchev–Trinajstić information content (AvgIpc) is 2.31. The highest BCUT2D eigenvalue weighted by Crippen LogP contribution is 2.19. The van der Waals surface area contributed by atoms with E-state index in [0.717, 1.165) is 15.7 Å². The molecule has 2 aromatic rings. The molecular weight excluding hydrogens is 232 g/mol. The summed E-state index contributed by atoms with van der Waals surface area (Å²) in [6.07, 6.45) is 0. The van der Waals surface area contributed by atoms with Crippen LogP contribution in [0.3, 0.4) is 0 Å². The molecule has 18 heavy (non-hydrogen) atoms. The summed E-state index contributed by atoms with van der Waals surface area (Å²) in [7, 11) is 0. The van der Waals surface area contributed by atoms with Gasteiger partial charge in [0.1, 0.15) is 0 Å². The number of rotatable bonds is 1. The summed E-state index contributed by atoms with van der Waals surface area (Å²) in [4.78, 5) is 25.4. The lowest BCUT2D eigenvalue weighted by Gasteiger charge is -2.12. The van der Waals surface area contributed by atoms with E-state index >= 15 is 0 Å². The van der Waals surface area contributed by atoms with Gasteiger partial charge in [0, 0.05) is 0 Å². The number of H-pyrrole nitrogens is 1. The van der Waals surface area contributed by atoms with Crippen molar-refractivity contribution in [1.29, 1.82) is 0 Å². The maximum Gasteiger partial charge on any atom is 0.335 e. The average molecular weight is 246 g/mol. The summed E-state index contributed by atoms with van der Waals surface area (Å²) >= 11 is 0. The smallest absolute Gasteiger partial charge is 0.335 e. The number of hydrogen-bond acceptors (Lipinski definition) is 3. The van der Waals surface area contributed by atoms with Gasteiger partial charge in [-0.25, -0.2) is 9.36 Å². The fourth-order valence-corrected chi connectivity index (χ4v) is 1.80. The highest BCUT2D eigenvalue weighted by molar-refractivity contribution is 5.46. The third-order valence-corrected chi connectivity index (χ3v) is 2.92. The van der Waals surface area contributed by atoms with Crippen LogP contribution in [0.4, 0.5) is 0 Å². The van der Waals surface area contributed by atoms with Crippen LogP contribution >= 0.6 is 0 Å². The van der Waals surface area contributed by atoms with Crippen molar-refractivity contribution in [3.8, 4) is 11.6 Å². The maximum atomic E-state index is 11.8. The van der Waals surface area contributed by atoms with Gasteiger partial charge >= 0.3 is 5.69 Å². The molecule has 5 heteroatoms. The summed E-state index contributed by atoms with van der Waals surface area (Å²) in [6.45, 7) is 5.19. The zero-order chi connectivity index (χ0) is 13.4. The number of hydrogen-bond donors (Lipinski definition) is 2. The van der Waals surface area contributed by atoms with Crippen molar-refractivity contribution in [2.45, 2.75) is 20.8 Å². The minimum atomic E-state index is -0.642. The topological polar surface area (TPSA) is 75.1 Å². The van der Waals surface area contributed by atoms with E-state index in [0.29, 0.717) is 5.69 Å². The van der Waals surface area contributed by atoms with Crippen LogP contribution in [-0.2, 0) is 0 Å². The molecule has 1 heterocycles. The number of aryl methyl sites for hydroxylation is 2. The molecule has 1 aromatic carbocycles. The Balaban J connectivity index is 2.88. The number of aromatic hydroxyl groups is 1. The summed E-state index contributed by atoms with van der Waals surface area (Å²) in [5.41, 5.74) is 1.28. The molecule has 0 aliphatic rings. The van der Waals surface area contributed by atoms with Gasteiger partial charge in [0.2, 0.25) is 5.88 Å². The first-order valence-corrected chi connectivity index (χ1v) is 5.54. The lowest BCUT2D eigenvalue weighted by Crippen LogP contribution is -2.30. The van der Waals surface area contributed by atoms with Gasteiger partial charge in [-0.15, -0.1) is 0 Å². The number of nitrogens with one attached hydrogen (secondary N) is 1. The Morgan fingerprint density at radius 2 is 1.83 bits per heavy atom. The molecule has 0 saturated heterocycles. The van der Waals surface area contributed by atoms with E-state index in [1.54, 1.807) is 6.07 Å². The number of nitrogens with zero attached hydrogens (tertiary/aromatic N) is 1. The van der Waals surface area contributed by atoms with Crippen LogP contribution in [0.15, 0.2) is 27.8 Å². The molecule has 5 nitrogen and oxygen atoms in total. The van der Waals surface area contributed by atoms with Crippen LogP contribution in [0, 0.1) is 20.8 Å². The Labute approximate surface area is 103 Å². The molecule has 0 aliphatic heterocycles. The fraction of sp³-hybridized carbons (Fsp3) is 0.231. The van der Waals surface area contributed by atoms with E-state index in [-0.39, 0.29) is 11.4 Å². The van der Waals surface area contributed by atoms with Crippen LogP contribution in [0.1, 0.15) is 16.7 Å². The normalized spacial score (nSPS) is 10.6. The molecule has 0 fully saturated rings. The van der Waals surface area contributed by atoms with Gasteiger partial charge < -0.3 is 5.11 Å². The first-order valence-electron chi connectivity index (χ1n) is 5.54. The molecule has 0 atom stereocenters. The minimum absolute atomic E-state index is 0.121. The van der Waals surface area contributed by atoms with Gasteiger partial charge in [0.15, 0.2) is 0 Å². The molecule has 0 bridgehead atoms. The van der Waals surface area contributed by atoms with Crippen molar-refractivity contribution >= 4 is 0 Å². The van der Waals surface area contributed by atoms with Gasteiger partial charge in [-0.05, 0) is 38.0 Å². The third-order valence-electron chi connectivity index (χ3n) is 2.92. The molecule has 0 aliphatic carbocycles. The molecule has 2 rings (SSSR count). The van der Waals surface area contributed by atoms with Crippen LogP contribution in [0.2, 0.25) is 0 Å². The van der Waals surface area contributed by atoms with Gasteiger partial charge in [-0.2, -0.15) is 0 Å². The van der Waals surface area contributed by atoms with E-state index in [4.69, 9.17) is 0 Å². The summed E-state index contributed by atoms with van der Waals surface area (Å²) < 4.78 is 1.11. The second kappa shape index (κ2) is 4.18. The zero-order valence-corrected chi connectivity index (χ0v) is 10.4. The zero-order valence-electron chi connectivity index (χ0n) is 10.4. The van der Waals surface area contributed by atoms with Crippen LogP contribution in [0.25, 0.3) is 5.69 Å². The minimum Gasteiger partial charge on any atom is -0.494 e. The summed E-state index contributed by atoms with van der Waals surface area (Å²) in [5.74, 6) is -0.322. The van der Waals surface area contributed by atoms with Crippen LogP contribution < -0.4 is 11.2 Å². The second-order valence-corrected chi connectivity index (χ2v) is 4.33. The number of benzene rings is 1. The molecule has 0 radical (unpaired) electrons. The van der Waals surface area contributed by atoms with Crippen molar-refractivity contribution < 1.29 is 5.11 Å². The SMILES string of the molecule is Cc1ccc(C)c(-n2c(O)c(C)c(=O)[nH]c2=O)c1. The molecular formula is C13H14N2O3. The standard InChI is InChI=1S/C13H14N2O3/c1-7-4-5-8(2)10(6-7)15-12(17)9(3)11(16)14-13(15)18/h4-6,17H,1-3H3,(H,14,16,18). The first-order chi connectivity index (χ1) is 8.41. The van der Waals surface area contributed by atoms with Crippen molar-refractivity contribution in [3.05, 3.63) is 55.7 Å². The quantitative estimate of drug-likeness (QED) is 0.792. The predicted molar refractivity (Wildman–Crippen MR) is 68.5 cm³/mol. The van der Waals surface area contributed by atoms with Gasteiger partial charge in [-0.3, -0.25) is 9.78 Å². The molecule has 0 amide bonds. The second-order valence-electron chi connectivity index (χ2n) is 4.33. The summed E-state index contributed by atoms with van der Waals surface area (Å²) in [5, 5.41) is 9.97. The van der Waals surface area contributed by atoms with E-state index < -0.39 is 11.2 Å². The number of aromatic amines is 1. The first kappa shape index (κ1) is 12.2. The van der Waals surface area contributed by atoms with Crippen LogP contribution in [-0.4, -0.2) is 14.7 Å². The Hall–Kier alpha value is -2.30. The van der Waals surface area contributed by atoms with E-state index in [2.05, 4.69) is 4.98 Å². The van der Waals surface area contributed by atoms with Crippen molar-refractivity contribution in [3.63, 3.8) is 0 Å². The molecule has 94 valence electrons. The highest BCUT2D eigenvalue weighted by atomic mass is 16.3. The van der Waals surface area contributed by atoms with Gasteiger partial charge in [0.05, 0.1) is 11.3 Å². The van der Waals surface area contributed by atoms with E-state index in [9.17, 15) is 14.7 Å². The molecule has 2 N–H and O–H groups in total. The molecule has 0 saturated carbocycles. The Kier molecular flexibility index (Phi) is 2.82. The Morgan fingerprint density at radius 1 is 1.17 bits per heavy atom. The molecule has 0 unspecified atom stereocenters. The lowest BCUT2D eigenvalue weighted by atomic mass is 10.1. The molecule has 0 spiro atoms. The summed E-state index contributed by atoms with van der Waals surface area (Å²) in [6, 6.07) is 5.56. The lowest BCUT2D eigenvalue weighted by molar-refractivity contribution is 0.426. The largest absolute Gasteiger partial charge is 0.494 e. The van der Waals surface area contributed by atoms with Gasteiger partial charge in [0.25, 0.3) is 5.56 Å². The van der Waals surface area contributed by atoms with Crippen molar-refractivity contribution in [2.75, 3.05) is 0 Å². The van der Waals surface area contributed by atoms with E-state index in [1.165, 1.54) is 6.92 Å². The van der Waals surface area contributed by atoms with Crippen molar-refractivity contribution in [2.24, 2.45) is 0 Å². The predicted octanol–water partition coefficient (Wildman–Crippen LogP) is 1.16. The molecule has 1 aromatic heterocycles. The number of aromatic nitrogens is 2. The highest BCUT2D eigenvalue weighted by Gasteiger charge is 2.13. The third kappa shape index (κ3) is 1.84.